The molecule has 0 amide bonds. The summed E-state index contributed by atoms with van der Waals surface area (Å²) >= 11 is 1.12. The van der Waals surface area contributed by atoms with Crippen LogP contribution in [0.15, 0.2) is 47.4 Å². The van der Waals surface area contributed by atoms with Gasteiger partial charge in [-0.05, 0) is 55.7 Å². The summed E-state index contributed by atoms with van der Waals surface area (Å²) in [7, 11) is 1.44. The Balaban J connectivity index is 2.12. The van der Waals surface area contributed by atoms with Crippen LogP contribution in [0.4, 0.5) is 4.39 Å². The van der Waals surface area contributed by atoms with Gasteiger partial charge in [-0.3, -0.25) is 0 Å². The number of rotatable bonds is 5. The zero-order valence-electron chi connectivity index (χ0n) is 15.0. The van der Waals surface area contributed by atoms with E-state index in [4.69, 9.17) is 9.07 Å². The Morgan fingerprint density at radius 3 is 2.35 bits per heavy atom. The maximum Gasteiger partial charge on any atom is 0.340 e. The van der Waals surface area contributed by atoms with Gasteiger partial charge in [0.2, 0.25) is 0 Å². The number of esters is 1. The van der Waals surface area contributed by atoms with E-state index in [1.165, 1.54) is 19.2 Å². The highest BCUT2D eigenvalue weighted by molar-refractivity contribution is 7.94. The second kappa shape index (κ2) is 7.23. The van der Waals surface area contributed by atoms with Crippen molar-refractivity contribution in [2.75, 3.05) is 7.11 Å². The van der Waals surface area contributed by atoms with Crippen molar-refractivity contribution in [1.29, 1.82) is 0 Å². The van der Waals surface area contributed by atoms with Crippen LogP contribution in [0.25, 0.3) is 11.1 Å². The Kier molecular flexibility index (Phi) is 5.18. The Bertz CT molecular complexity index is 872. The standard InChI is InChI=1S/C20H19FO4S/c1-12-11-14(7-10-16(12)26-25-23-4)18-17(19(22)24-20(18,2)3)13-5-8-15(21)9-6-13/h5-11H,1-4H3. The van der Waals surface area contributed by atoms with Gasteiger partial charge in [-0.2, -0.15) is 4.33 Å². The van der Waals surface area contributed by atoms with Crippen LogP contribution in [-0.2, 0) is 18.8 Å². The molecule has 0 atom stereocenters. The SMILES string of the molecule is COOSc1ccc(C2=C(c3ccc(F)cc3)C(=O)OC2(C)C)cc1C. The fourth-order valence-corrected chi connectivity index (χ4v) is 3.53. The zero-order chi connectivity index (χ0) is 18.9. The number of hydrogen-bond donors (Lipinski definition) is 0. The van der Waals surface area contributed by atoms with E-state index in [1.807, 2.05) is 39.0 Å². The van der Waals surface area contributed by atoms with Crippen LogP contribution in [0.1, 0.15) is 30.5 Å². The van der Waals surface area contributed by atoms with Crippen LogP contribution < -0.4 is 0 Å². The summed E-state index contributed by atoms with van der Waals surface area (Å²) in [6, 6.07) is 11.7. The van der Waals surface area contributed by atoms with Crippen LogP contribution in [0.2, 0.25) is 0 Å². The summed E-state index contributed by atoms with van der Waals surface area (Å²) in [5.41, 5.74) is 2.94. The van der Waals surface area contributed by atoms with Crippen molar-refractivity contribution >= 4 is 29.2 Å². The molecule has 0 aromatic heterocycles. The number of benzene rings is 2. The van der Waals surface area contributed by atoms with Gasteiger partial charge in [0.1, 0.15) is 11.4 Å². The van der Waals surface area contributed by atoms with Crippen LogP contribution in [0.3, 0.4) is 0 Å². The fourth-order valence-electron chi connectivity index (χ4n) is 3.08. The lowest BCUT2D eigenvalue weighted by atomic mass is 9.86. The third-order valence-corrected chi connectivity index (χ3v) is 5.03. The smallest absolute Gasteiger partial charge is 0.340 e. The number of cyclic esters (lactones) is 1. The summed E-state index contributed by atoms with van der Waals surface area (Å²) in [5.74, 6) is -0.757. The molecule has 0 aliphatic carbocycles. The third kappa shape index (κ3) is 3.53. The monoisotopic (exact) mass is 374 g/mol. The molecule has 26 heavy (non-hydrogen) atoms. The molecule has 0 bridgehead atoms. The number of carbonyl (C=O) groups excluding carboxylic acids is 1. The van der Waals surface area contributed by atoms with Crippen molar-refractivity contribution in [3.05, 3.63) is 65.0 Å². The molecule has 0 saturated heterocycles. The van der Waals surface area contributed by atoms with E-state index in [0.29, 0.717) is 11.1 Å². The quantitative estimate of drug-likeness (QED) is 0.320. The van der Waals surface area contributed by atoms with E-state index >= 15 is 0 Å². The van der Waals surface area contributed by atoms with Gasteiger partial charge in [0, 0.05) is 10.5 Å². The lowest BCUT2D eigenvalue weighted by molar-refractivity contribution is -0.160. The molecule has 1 heterocycles. The molecule has 6 heteroatoms. The van der Waals surface area contributed by atoms with E-state index < -0.39 is 11.6 Å². The highest BCUT2D eigenvalue weighted by atomic mass is 32.2. The first-order valence-electron chi connectivity index (χ1n) is 8.06. The lowest BCUT2D eigenvalue weighted by Gasteiger charge is -2.22. The van der Waals surface area contributed by atoms with Gasteiger partial charge in [0.25, 0.3) is 0 Å². The normalized spacial score (nSPS) is 16.1. The molecule has 0 saturated carbocycles. The van der Waals surface area contributed by atoms with Crippen LogP contribution in [-0.4, -0.2) is 18.7 Å². The average molecular weight is 374 g/mol. The summed E-state index contributed by atoms with van der Waals surface area (Å²) < 4.78 is 23.8. The highest BCUT2D eigenvalue weighted by Gasteiger charge is 2.41. The average Bonchev–Trinajstić information content (AvgIpc) is 2.83. The number of hydrogen-bond acceptors (Lipinski definition) is 5. The minimum Gasteiger partial charge on any atom is -0.451 e. The van der Waals surface area contributed by atoms with Gasteiger partial charge in [0.15, 0.2) is 0 Å². The molecule has 2 aromatic rings. The number of carbonyl (C=O) groups is 1. The predicted octanol–water partition coefficient (Wildman–Crippen LogP) is 4.97. The van der Waals surface area contributed by atoms with Gasteiger partial charge in [0.05, 0.1) is 24.7 Å². The van der Waals surface area contributed by atoms with Crippen LogP contribution in [0, 0.1) is 12.7 Å². The van der Waals surface area contributed by atoms with E-state index in [1.54, 1.807) is 12.1 Å². The molecule has 1 aliphatic heterocycles. The molecule has 4 nitrogen and oxygen atoms in total. The van der Waals surface area contributed by atoms with Crippen molar-refractivity contribution in [3.8, 4) is 0 Å². The molecule has 0 fully saturated rings. The molecular formula is C20H19FO4S. The number of ether oxygens (including phenoxy) is 1. The predicted molar refractivity (Wildman–Crippen MR) is 98.5 cm³/mol. The molecule has 136 valence electrons. The van der Waals surface area contributed by atoms with E-state index in [2.05, 4.69) is 4.89 Å². The molecule has 3 rings (SSSR count). The summed E-state index contributed by atoms with van der Waals surface area (Å²) in [6.45, 7) is 5.65. The zero-order valence-corrected chi connectivity index (χ0v) is 15.8. The minimum atomic E-state index is -0.787. The van der Waals surface area contributed by atoms with Gasteiger partial charge in [-0.1, -0.05) is 24.3 Å². The van der Waals surface area contributed by atoms with Crippen molar-refractivity contribution in [2.24, 2.45) is 0 Å². The van der Waals surface area contributed by atoms with Gasteiger partial charge in [-0.25, -0.2) is 14.1 Å². The summed E-state index contributed by atoms with van der Waals surface area (Å²) in [5, 5.41) is 0. The van der Waals surface area contributed by atoms with E-state index in [9.17, 15) is 9.18 Å². The molecule has 1 aliphatic rings. The lowest BCUT2D eigenvalue weighted by Crippen LogP contribution is -2.22. The molecule has 0 radical (unpaired) electrons. The molecular weight excluding hydrogens is 355 g/mol. The van der Waals surface area contributed by atoms with E-state index in [-0.39, 0.29) is 5.82 Å². The Morgan fingerprint density at radius 2 is 1.73 bits per heavy atom. The van der Waals surface area contributed by atoms with Crippen molar-refractivity contribution < 1.29 is 23.1 Å². The number of halogens is 1. The molecule has 0 unspecified atom stereocenters. The maximum atomic E-state index is 13.3. The topological polar surface area (TPSA) is 44.8 Å². The van der Waals surface area contributed by atoms with Gasteiger partial charge in [-0.15, -0.1) is 0 Å². The van der Waals surface area contributed by atoms with Crippen molar-refractivity contribution in [2.45, 2.75) is 31.3 Å². The Labute approximate surface area is 156 Å². The highest BCUT2D eigenvalue weighted by Crippen LogP contribution is 2.44. The molecule has 0 N–H and O–H groups in total. The maximum absolute atomic E-state index is 13.3. The number of aryl methyl sites for hydroxylation is 1. The van der Waals surface area contributed by atoms with Gasteiger partial charge >= 0.3 is 5.97 Å². The first kappa shape index (κ1) is 18.6. The van der Waals surface area contributed by atoms with Gasteiger partial charge < -0.3 is 4.74 Å². The molecule has 0 spiro atoms. The summed E-state index contributed by atoms with van der Waals surface area (Å²) in [4.78, 5) is 18.1. The van der Waals surface area contributed by atoms with Crippen molar-refractivity contribution in [3.63, 3.8) is 0 Å². The molecule has 2 aromatic carbocycles. The Hall–Kier alpha value is -2.15. The minimum absolute atomic E-state index is 0.350. The second-order valence-electron chi connectivity index (χ2n) is 6.46. The first-order chi connectivity index (χ1) is 12.3. The van der Waals surface area contributed by atoms with Crippen LogP contribution in [0.5, 0.6) is 0 Å². The second-order valence-corrected chi connectivity index (χ2v) is 7.20. The van der Waals surface area contributed by atoms with E-state index in [0.717, 1.165) is 33.6 Å². The fraction of sp³-hybridized carbons (Fsp3) is 0.250. The third-order valence-electron chi connectivity index (χ3n) is 4.19. The Morgan fingerprint density at radius 1 is 1.08 bits per heavy atom. The summed E-state index contributed by atoms with van der Waals surface area (Å²) in [6.07, 6.45) is 0. The largest absolute Gasteiger partial charge is 0.451 e. The first-order valence-corrected chi connectivity index (χ1v) is 8.80. The van der Waals surface area contributed by atoms with Crippen LogP contribution >= 0.6 is 12.0 Å². The van der Waals surface area contributed by atoms with Crippen molar-refractivity contribution in [1.82, 2.24) is 0 Å².